The van der Waals surface area contributed by atoms with Crippen molar-refractivity contribution in [2.45, 2.75) is 0 Å². The molecule has 25 heavy (non-hydrogen) atoms. The zero-order valence-corrected chi connectivity index (χ0v) is 15.2. The highest BCUT2D eigenvalue weighted by molar-refractivity contribution is 9.10. The van der Waals surface area contributed by atoms with Gasteiger partial charge < -0.3 is 9.84 Å². The first-order chi connectivity index (χ1) is 11.8. The van der Waals surface area contributed by atoms with Crippen molar-refractivity contribution in [1.82, 2.24) is 10.2 Å². The number of carbonyl (C=O) groups excluding carboxylic acids is 2. The summed E-state index contributed by atoms with van der Waals surface area (Å²) >= 11 is 8.24. The Morgan fingerprint density at radius 1 is 1.44 bits per heavy atom. The van der Waals surface area contributed by atoms with Crippen molar-refractivity contribution in [2.24, 2.45) is 0 Å². The fraction of sp³-hybridized carbons (Fsp3) is 0.125. The smallest absolute Gasteiger partial charge is 0.341 e. The molecule has 1 aromatic carbocycles. The number of carboxylic acid groups (broad SMARTS) is 1. The number of hydrogen-bond acceptors (Lipinski definition) is 5. The summed E-state index contributed by atoms with van der Waals surface area (Å²) in [5, 5.41) is 11.1. The molecule has 1 heterocycles. The van der Waals surface area contributed by atoms with Crippen molar-refractivity contribution in [3.05, 3.63) is 46.5 Å². The number of carbonyl (C=O) groups is 3. The van der Waals surface area contributed by atoms with E-state index in [4.69, 9.17) is 22.1 Å². The minimum absolute atomic E-state index is 0.0330. The van der Waals surface area contributed by atoms with Gasteiger partial charge in [-0.3, -0.25) is 19.8 Å². The third kappa shape index (κ3) is 4.52. The fourth-order valence-electron chi connectivity index (χ4n) is 2.02. The van der Waals surface area contributed by atoms with Crippen LogP contribution in [-0.4, -0.2) is 46.1 Å². The van der Waals surface area contributed by atoms with E-state index in [2.05, 4.69) is 27.8 Å². The predicted octanol–water partition coefficient (Wildman–Crippen LogP) is 1.73. The molecule has 2 amide bonds. The van der Waals surface area contributed by atoms with E-state index in [0.29, 0.717) is 15.8 Å². The lowest BCUT2D eigenvalue weighted by Crippen LogP contribution is -2.53. The monoisotopic (exact) mass is 424 g/mol. The van der Waals surface area contributed by atoms with Gasteiger partial charge in [-0.15, -0.1) is 6.58 Å². The molecule has 1 aliphatic rings. The highest BCUT2D eigenvalue weighted by Crippen LogP contribution is 2.27. The Balaban J connectivity index is 2.28. The Hall–Kier alpha value is -2.52. The van der Waals surface area contributed by atoms with Gasteiger partial charge in [-0.1, -0.05) is 12.1 Å². The van der Waals surface area contributed by atoms with Gasteiger partial charge in [0.15, 0.2) is 11.7 Å². The van der Waals surface area contributed by atoms with Crippen molar-refractivity contribution in [2.75, 3.05) is 13.2 Å². The molecule has 9 heteroatoms. The quantitative estimate of drug-likeness (QED) is 0.312. The van der Waals surface area contributed by atoms with E-state index < -0.39 is 24.4 Å². The van der Waals surface area contributed by atoms with Gasteiger partial charge in [0, 0.05) is 6.54 Å². The van der Waals surface area contributed by atoms with Gasteiger partial charge in [0.1, 0.15) is 11.3 Å². The van der Waals surface area contributed by atoms with Gasteiger partial charge in [-0.2, -0.15) is 0 Å². The van der Waals surface area contributed by atoms with Gasteiger partial charge in [-0.05, 0) is 51.9 Å². The molecule has 0 atom stereocenters. The van der Waals surface area contributed by atoms with E-state index in [0.717, 1.165) is 0 Å². The third-order valence-corrected chi connectivity index (χ3v) is 4.06. The molecule has 0 bridgehead atoms. The summed E-state index contributed by atoms with van der Waals surface area (Å²) in [6, 6.07) is 4.74. The maximum Gasteiger partial charge on any atom is 0.341 e. The topological polar surface area (TPSA) is 95.9 Å². The Morgan fingerprint density at radius 2 is 2.16 bits per heavy atom. The van der Waals surface area contributed by atoms with E-state index in [9.17, 15) is 14.4 Å². The SMILES string of the molecule is C=CCN1C(=O)/C(=C/c2ccc(OCC(=O)O)c(Br)c2)C(=O)NC1=S. The second-order valence-electron chi connectivity index (χ2n) is 4.89. The molecule has 1 aliphatic heterocycles. The summed E-state index contributed by atoms with van der Waals surface area (Å²) in [6.45, 7) is 3.26. The first kappa shape index (κ1) is 18.8. The Morgan fingerprint density at radius 3 is 2.76 bits per heavy atom. The van der Waals surface area contributed by atoms with Gasteiger partial charge in [0.2, 0.25) is 0 Å². The molecule has 0 aliphatic carbocycles. The number of ether oxygens (including phenoxy) is 1. The number of nitrogens with zero attached hydrogens (tertiary/aromatic N) is 1. The van der Waals surface area contributed by atoms with Gasteiger partial charge >= 0.3 is 5.97 Å². The number of carboxylic acids is 1. The van der Waals surface area contributed by atoms with Crippen LogP contribution in [-0.2, 0) is 14.4 Å². The van der Waals surface area contributed by atoms with Crippen LogP contribution in [0.5, 0.6) is 5.75 Å². The summed E-state index contributed by atoms with van der Waals surface area (Å²) in [7, 11) is 0. The van der Waals surface area contributed by atoms with Gasteiger partial charge in [0.25, 0.3) is 11.8 Å². The molecule has 2 N–H and O–H groups in total. The van der Waals surface area contributed by atoms with E-state index in [1.54, 1.807) is 12.1 Å². The number of aliphatic carboxylic acids is 1. The minimum atomic E-state index is -1.10. The molecule has 0 radical (unpaired) electrons. The van der Waals surface area contributed by atoms with Crippen LogP contribution in [0.4, 0.5) is 0 Å². The second kappa shape index (κ2) is 8.04. The van der Waals surface area contributed by atoms with Crippen LogP contribution >= 0.6 is 28.1 Å². The maximum absolute atomic E-state index is 12.4. The molecule has 7 nitrogen and oxygen atoms in total. The Kier molecular flexibility index (Phi) is 6.05. The molecule has 1 aromatic rings. The largest absolute Gasteiger partial charge is 0.481 e. The minimum Gasteiger partial charge on any atom is -0.481 e. The fourth-order valence-corrected chi connectivity index (χ4v) is 2.78. The summed E-state index contributed by atoms with van der Waals surface area (Å²) in [4.78, 5) is 36.3. The number of benzene rings is 1. The van der Waals surface area contributed by atoms with Gasteiger partial charge in [-0.25, -0.2) is 4.79 Å². The number of halogens is 1. The molecule has 0 saturated carbocycles. The summed E-state index contributed by atoms with van der Waals surface area (Å²) in [6.07, 6.45) is 2.92. The van der Waals surface area contributed by atoms with Crippen molar-refractivity contribution in [3.63, 3.8) is 0 Å². The van der Waals surface area contributed by atoms with Crippen LogP contribution in [0.3, 0.4) is 0 Å². The zero-order valence-electron chi connectivity index (χ0n) is 12.8. The molecule has 1 fully saturated rings. The van der Waals surface area contributed by atoms with E-state index in [1.165, 1.54) is 23.1 Å². The van der Waals surface area contributed by atoms with Crippen LogP contribution in [0.15, 0.2) is 40.9 Å². The molecule has 1 saturated heterocycles. The summed E-state index contributed by atoms with van der Waals surface area (Å²) < 4.78 is 5.59. The number of nitrogens with one attached hydrogen (secondary N) is 1. The molecular weight excluding hydrogens is 412 g/mol. The average Bonchev–Trinajstić information content (AvgIpc) is 2.54. The lowest BCUT2D eigenvalue weighted by molar-refractivity contribution is -0.139. The maximum atomic E-state index is 12.4. The van der Waals surface area contributed by atoms with E-state index >= 15 is 0 Å². The highest BCUT2D eigenvalue weighted by atomic mass is 79.9. The normalized spacial score (nSPS) is 16.0. The second-order valence-corrected chi connectivity index (χ2v) is 6.14. The standard InChI is InChI=1S/C16H13BrN2O5S/c1-2-5-19-15(23)10(14(22)18-16(19)25)6-9-3-4-12(11(17)7-9)24-8-13(20)21/h2-4,6-7H,1,5,8H2,(H,20,21)(H,18,22,25)/b10-6+. The summed E-state index contributed by atoms with van der Waals surface area (Å²) in [5.74, 6) is -1.87. The van der Waals surface area contributed by atoms with Crippen molar-refractivity contribution in [3.8, 4) is 5.75 Å². The molecule has 0 spiro atoms. The van der Waals surface area contributed by atoms with Crippen LogP contribution in [0.1, 0.15) is 5.56 Å². The number of amides is 2. The van der Waals surface area contributed by atoms with Crippen LogP contribution < -0.4 is 10.1 Å². The predicted molar refractivity (Wildman–Crippen MR) is 97.9 cm³/mol. The first-order valence-electron chi connectivity index (χ1n) is 6.97. The first-order valence-corrected chi connectivity index (χ1v) is 8.17. The number of rotatable bonds is 6. The Labute approximate surface area is 157 Å². The lowest BCUT2D eigenvalue weighted by Gasteiger charge is -2.27. The van der Waals surface area contributed by atoms with E-state index in [1.807, 2.05) is 0 Å². The van der Waals surface area contributed by atoms with Crippen molar-refractivity contribution >= 4 is 57.1 Å². The van der Waals surface area contributed by atoms with Crippen LogP contribution in [0.2, 0.25) is 0 Å². The lowest BCUT2D eigenvalue weighted by atomic mass is 10.1. The molecule has 0 aromatic heterocycles. The molecule has 130 valence electrons. The van der Waals surface area contributed by atoms with Gasteiger partial charge in [0.05, 0.1) is 4.47 Å². The zero-order chi connectivity index (χ0) is 18.6. The van der Waals surface area contributed by atoms with Crippen molar-refractivity contribution < 1.29 is 24.2 Å². The van der Waals surface area contributed by atoms with Crippen LogP contribution in [0, 0.1) is 0 Å². The highest BCUT2D eigenvalue weighted by Gasteiger charge is 2.32. The van der Waals surface area contributed by atoms with Crippen molar-refractivity contribution in [1.29, 1.82) is 0 Å². The molecule has 0 unspecified atom stereocenters. The number of thiocarbonyl (C=S) groups is 1. The molecular formula is C16H13BrN2O5S. The Bertz CT molecular complexity index is 806. The van der Waals surface area contributed by atoms with Crippen LogP contribution in [0.25, 0.3) is 6.08 Å². The molecule has 2 rings (SSSR count). The van der Waals surface area contributed by atoms with E-state index in [-0.39, 0.29) is 17.2 Å². The number of hydrogen-bond donors (Lipinski definition) is 2. The third-order valence-electron chi connectivity index (χ3n) is 3.12. The average molecular weight is 425 g/mol. The summed E-state index contributed by atoms with van der Waals surface area (Å²) in [5.41, 5.74) is 0.487.